The van der Waals surface area contributed by atoms with Crippen LogP contribution in [-0.2, 0) is 10.2 Å². The van der Waals surface area contributed by atoms with Gasteiger partial charge < -0.3 is 10.2 Å². The predicted octanol–water partition coefficient (Wildman–Crippen LogP) is 1.78. The number of hydrogen-bond donors (Lipinski definition) is 1. The van der Waals surface area contributed by atoms with Crippen LogP contribution in [0.4, 0.5) is 0 Å². The zero-order chi connectivity index (χ0) is 13.2. The summed E-state index contributed by atoms with van der Waals surface area (Å²) in [7, 11) is 0. The lowest BCUT2D eigenvalue weighted by Crippen LogP contribution is -2.61. The summed E-state index contributed by atoms with van der Waals surface area (Å²) in [6.07, 6.45) is 0. The molecule has 1 aromatic rings. The van der Waals surface area contributed by atoms with Crippen molar-refractivity contribution >= 4 is 5.91 Å². The van der Waals surface area contributed by atoms with Crippen molar-refractivity contribution in [1.82, 2.24) is 10.2 Å². The van der Waals surface area contributed by atoms with Gasteiger partial charge in [0.1, 0.15) is 0 Å². The Balaban J connectivity index is 2.20. The molecule has 0 unspecified atom stereocenters. The molecule has 98 valence electrons. The van der Waals surface area contributed by atoms with Gasteiger partial charge in [-0.1, -0.05) is 30.3 Å². The van der Waals surface area contributed by atoms with Crippen LogP contribution in [-0.4, -0.2) is 36.5 Å². The molecule has 0 atom stereocenters. The van der Waals surface area contributed by atoms with Crippen molar-refractivity contribution in [2.45, 2.75) is 32.2 Å². The van der Waals surface area contributed by atoms with Crippen LogP contribution in [0.15, 0.2) is 30.3 Å². The quantitative estimate of drug-likeness (QED) is 0.878. The Kier molecular flexibility index (Phi) is 3.71. The van der Waals surface area contributed by atoms with E-state index in [9.17, 15) is 4.79 Å². The van der Waals surface area contributed by atoms with Gasteiger partial charge in [-0.25, -0.2) is 0 Å². The number of likely N-dealkylation sites (N-methyl/N-ethyl adjacent to an activating group) is 1. The summed E-state index contributed by atoms with van der Waals surface area (Å²) in [6, 6.07) is 10.4. The molecule has 0 aliphatic carbocycles. The van der Waals surface area contributed by atoms with Gasteiger partial charge in [-0.05, 0) is 26.3 Å². The third-order valence-electron chi connectivity index (χ3n) is 3.83. The third-order valence-corrected chi connectivity index (χ3v) is 3.83. The molecule has 1 fully saturated rings. The maximum atomic E-state index is 12.7. The molecule has 18 heavy (non-hydrogen) atoms. The maximum Gasteiger partial charge on any atom is 0.232 e. The summed E-state index contributed by atoms with van der Waals surface area (Å²) in [5.74, 6) is 0.225. The lowest BCUT2D eigenvalue weighted by molar-refractivity contribution is -0.139. The van der Waals surface area contributed by atoms with Crippen LogP contribution >= 0.6 is 0 Å². The Labute approximate surface area is 109 Å². The van der Waals surface area contributed by atoms with E-state index in [1.165, 1.54) is 0 Å². The molecule has 1 heterocycles. The lowest BCUT2D eigenvalue weighted by Gasteiger charge is -2.41. The average molecular weight is 246 g/mol. The van der Waals surface area contributed by atoms with Gasteiger partial charge in [0.2, 0.25) is 5.91 Å². The molecule has 3 heteroatoms. The molecule has 0 spiro atoms. The highest BCUT2D eigenvalue weighted by atomic mass is 16.2. The van der Waals surface area contributed by atoms with Crippen molar-refractivity contribution in [2.24, 2.45) is 0 Å². The third kappa shape index (κ3) is 2.27. The second-order valence-corrected chi connectivity index (χ2v) is 5.39. The molecule has 3 nitrogen and oxygen atoms in total. The minimum absolute atomic E-state index is 0.225. The van der Waals surface area contributed by atoms with E-state index in [4.69, 9.17) is 0 Å². The van der Waals surface area contributed by atoms with Crippen LogP contribution < -0.4 is 5.32 Å². The second-order valence-electron chi connectivity index (χ2n) is 5.39. The van der Waals surface area contributed by atoms with Crippen LogP contribution in [0.5, 0.6) is 0 Å². The standard InChI is InChI=1S/C15H22N2O/c1-4-17(13-10-16-11-13)14(18)15(2,3)12-8-6-5-7-9-12/h5-9,13,16H,4,10-11H2,1-3H3. The summed E-state index contributed by atoms with van der Waals surface area (Å²) in [5.41, 5.74) is 0.632. The first-order valence-electron chi connectivity index (χ1n) is 6.64. The fraction of sp³-hybridized carbons (Fsp3) is 0.533. The molecule has 1 aliphatic heterocycles. The van der Waals surface area contributed by atoms with Crippen molar-refractivity contribution in [1.29, 1.82) is 0 Å². The number of amides is 1. The fourth-order valence-corrected chi connectivity index (χ4v) is 2.40. The zero-order valence-electron chi connectivity index (χ0n) is 11.4. The molecule has 1 aromatic carbocycles. The van der Waals surface area contributed by atoms with Gasteiger partial charge >= 0.3 is 0 Å². The minimum atomic E-state index is -0.452. The normalized spacial score (nSPS) is 16.2. The van der Waals surface area contributed by atoms with Crippen LogP contribution in [0.2, 0.25) is 0 Å². The smallest absolute Gasteiger partial charge is 0.232 e. The number of carbonyl (C=O) groups is 1. The maximum absolute atomic E-state index is 12.7. The van der Waals surface area contributed by atoms with E-state index in [1.54, 1.807) is 0 Å². The molecule has 2 rings (SSSR count). The van der Waals surface area contributed by atoms with E-state index in [1.807, 2.05) is 49.1 Å². The molecule has 0 saturated carbocycles. The predicted molar refractivity (Wildman–Crippen MR) is 73.5 cm³/mol. The van der Waals surface area contributed by atoms with Gasteiger partial charge in [-0.15, -0.1) is 0 Å². The highest BCUT2D eigenvalue weighted by Crippen LogP contribution is 2.26. The number of nitrogens with zero attached hydrogens (tertiary/aromatic N) is 1. The summed E-state index contributed by atoms with van der Waals surface area (Å²) in [5, 5.41) is 3.23. The summed E-state index contributed by atoms with van der Waals surface area (Å²) >= 11 is 0. The van der Waals surface area contributed by atoms with Gasteiger partial charge in [0, 0.05) is 19.6 Å². The first-order valence-corrected chi connectivity index (χ1v) is 6.64. The van der Waals surface area contributed by atoms with E-state index in [0.29, 0.717) is 6.04 Å². The molecule has 0 bridgehead atoms. The molecular weight excluding hydrogens is 224 g/mol. The number of hydrogen-bond acceptors (Lipinski definition) is 2. The van der Waals surface area contributed by atoms with Crippen LogP contribution in [0, 0.1) is 0 Å². The van der Waals surface area contributed by atoms with Gasteiger partial charge in [-0.2, -0.15) is 0 Å². The van der Waals surface area contributed by atoms with Crippen LogP contribution in [0.25, 0.3) is 0 Å². The molecule has 1 aliphatic rings. The zero-order valence-corrected chi connectivity index (χ0v) is 11.4. The van der Waals surface area contributed by atoms with Crippen molar-refractivity contribution < 1.29 is 4.79 Å². The highest BCUT2D eigenvalue weighted by Gasteiger charge is 2.37. The van der Waals surface area contributed by atoms with E-state index in [-0.39, 0.29) is 5.91 Å². The Morgan fingerprint density at radius 1 is 1.33 bits per heavy atom. The Bertz CT molecular complexity index is 410. The Hall–Kier alpha value is -1.35. The van der Waals surface area contributed by atoms with Gasteiger partial charge in [0.05, 0.1) is 11.5 Å². The minimum Gasteiger partial charge on any atom is -0.337 e. The molecular formula is C15H22N2O. The molecule has 1 amide bonds. The van der Waals surface area contributed by atoms with Crippen molar-refractivity contribution in [3.05, 3.63) is 35.9 Å². The van der Waals surface area contributed by atoms with E-state index in [2.05, 4.69) is 12.2 Å². The number of benzene rings is 1. The first-order chi connectivity index (χ1) is 8.57. The summed E-state index contributed by atoms with van der Waals surface area (Å²) in [4.78, 5) is 14.7. The van der Waals surface area contributed by atoms with Gasteiger partial charge in [-0.3, -0.25) is 4.79 Å². The number of nitrogens with one attached hydrogen (secondary N) is 1. The first kappa shape index (κ1) is 13.1. The largest absolute Gasteiger partial charge is 0.337 e. The SMILES string of the molecule is CCN(C(=O)C(C)(C)c1ccccc1)C1CNC1. The van der Waals surface area contributed by atoms with Crippen LogP contribution in [0.1, 0.15) is 26.3 Å². The molecule has 1 N–H and O–H groups in total. The topological polar surface area (TPSA) is 32.3 Å². The van der Waals surface area contributed by atoms with E-state index >= 15 is 0 Å². The van der Waals surface area contributed by atoms with Gasteiger partial charge in [0.15, 0.2) is 0 Å². The molecule has 1 saturated heterocycles. The number of carbonyl (C=O) groups excluding carboxylic acids is 1. The molecule has 0 aromatic heterocycles. The summed E-state index contributed by atoms with van der Waals surface area (Å²) in [6.45, 7) is 8.70. The highest BCUT2D eigenvalue weighted by molar-refractivity contribution is 5.87. The monoisotopic (exact) mass is 246 g/mol. The lowest BCUT2D eigenvalue weighted by atomic mass is 9.82. The molecule has 0 radical (unpaired) electrons. The number of rotatable bonds is 4. The van der Waals surface area contributed by atoms with Crippen molar-refractivity contribution in [3.63, 3.8) is 0 Å². The van der Waals surface area contributed by atoms with Crippen molar-refractivity contribution in [3.8, 4) is 0 Å². The van der Waals surface area contributed by atoms with E-state index < -0.39 is 5.41 Å². The average Bonchev–Trinajstić information content (AvgIpc) is 2.33. The fourth-order valence-electron chi connectivity index (χ4n) is 2.40. The van der Waals surface area contributed by atoms with E-state index in [0.717, 1.165) is 25.2 Å². The summed E-state index contributed by atoms with van der Waals surface area (Å²) < 4.78 is 0. The van der Waals surface area contributed by atoms with Crippen molar-refractivity contribution in [2.75, 3.05) is 19.6 Å². The second kappa shape index (κ2) is 5.11. The van der Waals surface area contributed by atoms with Crippen LogP contribution in [0.3, 0.4) is 0 Å². The Morgan fingerprint density at radius 2 is 1.94 bits per heavy atom. The Morgan fingerprint density at radius 3 is 2.39 bits per heavy atom. The van der Waals surface area contributed by atoms with Gasteiger partial charge in [0.25, 0.3) is 0 Å².